The van der Waals surface area contributed by atoms with Crippen LogP contribution >= 0.6 is 12.4 Å². The lowest BCUT2D eigenvalue weighted by atomic mass is 10.2. The first-order valence-corrected chi connectivity index (χ1v) is 6.15. The molecule has 108 valence electrons. The molecular weight excluding hydrogens is 276 g/mol. The van der Waals surface area contributed by atoms with Gasteiger partial charge in [-0.05, 0) is 37.7 Å². The van der Waals surface area contributed by atoms with Crippen LogP contribution in [0.1, 0.15) is 21.7 Å². The van der Waals surface area contributed by atoms with E-state index < -0.39 is 0 Å². The fraction of sp³-hybridized carbons (Fsp3) is 0.286. The SMILES string of the molecule is CNCc1ccc(NC(=O)c2cc(C)nn2C)cc1.Cl. The molecule has 0 aliphatic carbocycles. The zero-order valence-corrected chi connectivity index (χ0v) is 12.6. The van der Waals surface area contributed by atoms with E-state index in [9.17, 15) is 4.79 Å². The third-order valence-electron chi connectivity index (χ3n) is 2.83. The third kappa shape index (κ3) is 3.82. The van der Waals surface area contributed by atoms with E-state index in [1.807, 2.05) is 38.2 Å². The Hall–Kier alpha value is -1.85. The molecule has 2 rings (SSSR count). The summed E-state index contributed by atoms with van der Waals surface area (Å²) in [5, 5.41) is 10.1. The molecule has 0 saturated heterocycles. The van der Waals surface area contributed by atoms with Crippen molar-refractivity contribution < 1.29 is 4.79 Å². The number of hydrogen-bond acceptors (Lipinski definition) is 3. The molecule has 5 nitrogen and oxygen atoms in total. The Bertz CT molecular complexity index is 577. The lowest BCUT2D eigenvalue weighted by Gasteiger charge is -2.06. The topological polar surface area (TPSA) is 58.9 Å². The maximum atomic E-state index is 12.1. The lowest BCUT2D eigenvalue weighted by Crippen LogP contribution is -2.16. The van der Waals surface area contributed by atoms with Gasteiger partial charge in [-0.2, -0.15) is 5.10 Å². The minimum absolute atomic E-state index is 0. The number of carbonyl (C=O) groups excluding carboxylic acids is 1. The van der Waals surface area contributed by atoms with E-state index in [2.05, 4.69) is 15.7 Å². The molecule has 1 amide bonds. The molecule has 0 saturated carbocycles. The number of carbonyl (C=O) groups is 1. The van der Waals surface area contributed by atoms with Crippen molar-refractivity contribution in [2.45, 2.75) is 13.5 Å². The van der Waals surface area contributed by atoms with Crippen LogP contribution in [0, 0.1) is 6.92 Å². The van der Waals surface area contributed by atoms with Crippen molar-refractivity contribution in [1.29, 1.82) is 0 Å². The quantitative estimate of drug-likeness (QED) is 0.908. The maximum Gasteiger partial charge on any atom is 0.273 e. The number of hydrogen-bond donors (Lipinski definition) is 2. The average Bonchev–Trinajstić information content (AvgIpc) is 2.71. The number of benzene rings is 1. The van der Waals surface area contributed by atoms with Gasteiger partial charge >= 0.3 is 0 Å². The number of aryl methyl sites for hydroxylation is 2. The Morgan fingerprint density at radius 1 is 1.30 bits per heavy atom. The Kier molecular flexibility index (Phi) is 5.73. The zero-order chi connectivity index (χ0) is 13.8. The molecule has 0 aliphatic rings. The molecule has 0 fully saturated rings. The van der Waals surface area contributed by atoms with Gasteiger partial charge in [0, 0.05) is 19.3 Å². The van der Waals surface area contributed by atoms with Crippen molar-refractivity contribution in [3.63, 3.8) is 0 Å². The highest BCUT2D eigenvalue weighted by Crippen LogP contribution is 2.11. The van der Waals surface area contributed by atoms with Crippen LogP contribution < -0.4 is 10.6 Å². The predicted molar refractivity (Wildman–Crippen MR) is 82.4 cm³/mol. The van der Waals surface area contributed by atoms with Gasteiger partial charge in [0.2, 0.25) is 0 Å². The minimum atomic E-state index is -0.149. The Morgan fingerprint density at radius 3 is 2.45 bits per heavy atom. The maximum absolute atomic E-state index is 12.1. The molecular formula is C14H19ClN4O. The van der Waals surface area contributed by atoms with E-state index in [0.717, 1.165) is 17.9 Å². The molecule has 2 N–H and O–H groups in total. The lowest BCUT2D eigenvalue weighted by molar-refractivity contribution is 0.101. The van der Waals surface area contributed by atoms with Gasteiger partial charge in [-0.1, -0.05) is 12.1 Å². The monoisotopic (exact) mass is 294 g/mol. The van der Waals surface area contributed by atoms with E-state index in [0.29, 0.717) is 5.69 Å². The second-order valence-corrected chi connectivity index (χ2v) is 4.48. The number of aromatic nitrogens is 2. The first-order chi connectivity index (χ1) is 9.10. The molecule has 1 aromatic heterocycles. The average molecular weight is 295 g/mol. The molecule has 0 spiro atoms. The van der Waals surface area contributed by atoms with E-state index in [4.69, 9.17) is 0 Å². The number of amides is 1. The second kappa shape index (κ2) is 7.07. The summed E-state index contributed by atoms with van der Waals surface area (Å²) in [6.07, 6.45) is 0. The standard InChI is InChI=1S/C14H18N4O.ClH/c1-10-8-13(18(3)17-10)14(19)16-12-6-4-11(5-7-12)9-15-2;/h4-8,15H,9H2,1-3H3,(H,16,19);1H. The van der Waals surface area contributed by atoms with Gasteiger partial charge in [0.25, 0.3) is 5.91 Å². The molecule has 0 unspecified atom stereocenters. The number of halogens is 1. The molecule has 0 atom stereocenters. The molecule has 20 heavy (non-hydrogen) atoms. The molecule has 0 aliphatic heterocycles. The summed E-state index contributed by atoms with van der Waals surface area (Å²) >= 11 is 0. The van der Waals surface area contributed by atoms with Crippen LogP contribution in [0.25, 0.3) is 0 Å². The minimum Gasteiger partial charge on any atom is -0.321 e. The van der Waals surface area contributed by atoms with Gasteiger partial charge in [-0.25, -0.2) is 0 Å². The highest BCUT2D eigenvalue weighted by Gasteiger charge is 2.11. The number of rotatable bonds is 4. The number of anilines is 1. The second-order valence-electron chi connectivity index (χ2n) is 4.48. The van der Waals surface area contributed by atoms with Crippen molar-refractivity contribution in [1.82, 2.24) is 15.1 Å². The first-order valence-electron chi connectivity index (χ1n) is 6.15. The van der Waals surface area contributed by atoms with Gasteiger partial charge in [0.15, 0.2) is 0 Å². The van der Waals surface area contributed by atoms with Crippen LogP contribution in [-0.2, 0) is 13.6 Å². The Labute approximate surface area is 124 Å². The van der Waals surface area contributed by atoms with Crippen LogP contribution in [0.3, 0.4) is 0 Å². The van der Waals surface area contributed by atoms with Crippen LogP contribution in [0.5, 0.6) is 0 Å². The van der Waals surface area contributed by atoms with Gasteiger partial charge in [-0.15, -0.1) is 12.4 Å². The van der Waals surface area contributed by atoms with Crippen LogP contribution in [0.15, 0.2) is 30.3 Å². The fourth-order valence-electron chi connectivity index (χ4n) is 1.93. The van der Waals surface area contributed by atoms with E-state index >= 15 is 0 Å². The smallest absolute Gasteiger partial charge is 0.273 e. The summed E-state index contributed by atoms with van der Waals surface area (Å²) in [6, 6.07) is 9.54. The normalized spacial score (nSPS) is 9.95. The summed E-state index contributed by atoms with van der Waals surface area (Å²) in [5.74, 6) is -0.149. The summed E-state index contributed by atoms with van der Waals surface area (Å²) in [4.78, 5) is 12.1. The van der Waals surface area contributed by atoms with Crippen molar-refractivity contribution in [2.75, 3.05) is 12.4 Å². The number of nitrogens with one attached hydrogen (secondary N) is 2. The predicted octanol–water partition coefficient (Wildman–Crippen LogP) is 2.12. The van der Waals surface area contributed by atoms with E-state index in [-0.39, 0.29) is 18.3 Å². The van der Waals surface area contributed by atoms with Gasteiger partial charge in [-0.3, -0.25) is 9.48 Å². The molecule has 6 heteroatoms. The highest BCUT2D eigenvalue weighted by molar-refractivity contribution is 6.03. The van der Waals surface area contributed by atoms with E-state index in [1.165, 1.54) is 5.56 Å². The Balaban J connectivity index is 0.00000200. The van der Waals surface area contributed by atoms with Gasteiger partial charge in [0.05, 0.1) is 5.69 Å². The van der Waals surface area contributed by atoms with Crippen molar-refractivity contribution in [2.24, 2.45) is 7.05 Å². The van der Waals surface area contributed by atoms with Crippen LogP contribution in [-0.4, -0.2) is 22.7 Å². The van der Waals surface area contributed by atoms with Crippen LogP contribution in [0.4, 0.5) is 5.69 Å². The molecule has 2 aromatic rings. The Morgan fingerprint density at radius 2 is 1.95 bits per heavy atom. The third-order valence-corrected chi connectivity index (χ3v) is 2.83. The molecule has 0 radical (unpaired) electrons. The van der Waals surface area contributed by atoms with Crippen molar-refractivity contribution in [3.05, 3.63) is 47.3 Å². The first kappa shape index (κ1) is 16.2. The molecule has 1 aromatic carbocycles. The summed E-state index contributed by atoms with van der Waals surface area (Å²) in [5.41, 5.74) is 3.34. The zero-order valence-electron chi connectivity index (χ0n) is 11.8. The number of nitrogens with zero attached hydrogens (tertiary/aromatic N) is 2. The van der Waals surface area contributed by atoms with E-state index in [1.54, 1.807) is 17.8 Å². The van der Waals surface area contributed by atoms with Gasteiger partial charge in [0.1, 0.15) is 5.69 Å². The van der Waals surface area contributed by atoms with Crippen molar-refractivity contribution >= 4 is 24.0 Å². The van der Waals surface area contributed by atoms with Crippen molar-refractivity contribution in [3.8, 4) is 0 Å². The fourth-order valence-corrected chi connectivity index (χ4v) is 1.93. The summed E-state index contributed by atoms with van der Waals surface area (Å²) in [6.45, 7) is 2.68. The molecule has 1 heterocycles. The summed E-state index contributed by atoms with van der Waals surface area (Å²) in [7, 11) is 3.67. The molecule has 0 bridgehead atoms. The summed E-state index contributed by atoms with van der Waals surface area (Å²) < 4.78 is 1.58. The highest BCUT2D eigenvalue weighted by atomic mass is 35.5. The van der Waals surface area contributed by atoms with Gasteiger partial charge < -0.3 is 10.6 Å². The van der Waals surface area contributed by atoms with Crippen LogP contribution in [0.2, 0.25) is 0 Å². The largest absolute Gasteiger partial charge is 0.321 e.